The van der Waals surface area contributed by atoms with Crippen LogP contribution in [0.1, 0.15) is 19.5 Å². The smallest absolute Gasteiger partial charge is 0.151 e. The SMILES string of the molecule is C[C@H]([C@@H](C)S(C)(=O)=O)N(C)Cc1ccccn1. The zero-order valence-electron chi connectivity index (χ0n) is 10.8. The van der Waals surface area contributed by atoms with E-state index in [-0.39, 0.29) is 11.3 Å². The summed E-state index contributed by atoms with van der Waals surface area (Å²) in [4.78, 5) is 6.24. The first-order valence-corrected chi connectivity index (χ1v) is 7.57. The van der Waals surface area contributed by atoms with Crippen LogP contribution in [0.3, 0.4) is 0 Å². The summed E-state index contributed by atoms with van der Waals surface area (Å²) in [6.07, 6.45) is 3.02. The summed E-state index contributed by atoms with van der Waals surface area (Å²) in [5, 5.41) is -0.379. The van der Waals surface area contributed by atoms with Crippen molar-refractivity contribution in [3.05, 3.63) is 30.1 Å². The third-order valence-electron chi connectivity index (χ3n) is 3.19. The molecule has 2 atom stereocenters. The quantitative estimate of drug-likeness (QED) is 0.797. The van der Waals surface area contributed by atoms with Crippen molar-refractivity contribution in [2.24, 2.45) is 0 Å². The summed E-state index contributed by atoms with van der Waals surface area (Å²) in [5.74, 6) is 0. The van der Waals surface area contributed by atoms with Crippen LogP contribution < -0.4 is 0 Å². The molecule has 1 aromatic heterocycles. The minimum absolute atomic E-state index is 0.0352. The standard InChI is InChI=1S/C12H20N2O2S/c1-10(11(2)17(4,15)16)14(3)9-12-7-5-6-8-13-12/h5-8,10-11H,9H2,1-4H3/t10-,11-/m1/s1. The number of nitrogens with zero attached hydrogens (tertiary/aromatic N) is 2. The highest BCUT2D eigenvalue weighted by Crippen LogP contribution is 2.12. The van der Waals surface area contributed by atoms with E-state index < -0.39 is 9.84 Å². The predicted molar refractivity (Wildman–Crippen MR) is 69.5 cm³/mol. The lowest BCUT2D eigenvalue weighted by Gasteiger charge is -2.28. The fraction of sp³-hybridized carbons (Fsp3) is 0.583. The van der Waals surface area contributed by atoms with Crippen molar-refractivity contribution < 1.29 is 8.42 Å². The highest BCUT2D eigenvalue weighted by molar-refractivity contribution is 7.91. The first-order chi connectivity index (χ1) is 7.82. The minimum atomic E-state index is -3.00. The number of sulfone groups is 1. The summed E-state index contributed by atoms with van der Waals surface area (Å²) in [5.41, 5.74) is 0.947. The topological polar surface area (TPSA) is 50.3 Å². The Bertz CT molecular complexity index is 445. The molecule has 96 valence electrons. The van der Waals surface area contributed by atoms with Crippen LogP contribution >= 0.6 is 0 Å². The van der Waals surface area contributed by atoms with Gasteiger partial charge in [0.15, 0.2) is 9.84 Å². The van der Waals surface area contributed by atoms with Crippen molar-refractivity contribution >= 4 is 9.84 Å². The maximum atomic E-state index is 11.5. The van der Waals surface area contributed by atoms with Crippen LogP contribution in [0.4, 0.5) is 0 Å². The number of hydrogen-bond donors (Lipinski definition) is 0. The molecule has 1 heterocycles. The van der Waals surface area contributed by atoms with Crippen LogP contribution in [0, 0.1) is 0 Å². The molecule has 0 aliphatic heterocycles. The van der Waals surface area contributed by atoms with Gasteiger partial charge in [-0.05, 0) is 33.0 Å². The average molecular weight is 256 g/mol. The molecule has 0 bridgehead atoms. The molecule has 0 unspecified atom stereocenters. The van der Waals surface area contributed by atoms with Crippen LogP contribution in [-0.2, 0) is 16.4 Å². The second kappa shape index (κ2) is 5.60. The first-order valence-electron chi connectivity index (χ1n) is 5.61. The Morgan fingerprint density at radius 2 is 2.00 bits per heavy atom. The molecule has 0 aromatic carbocycles. The molecule has 1 aromatic rings. The van der Waals surface area contributed by atoms with E-state index in [1.165, 1.54) is 6.26 Å². The monoisotopic (exact) mass is 256 g/mol. The zero-order valence-corrected chi connectivity index (χ0v) is 11.6. The van der Waals surface area contributed by atoms with Gasteiger partial charge >= 0.3 is 0 Å². The third-order valence-corrected chi connectivity index (χ3v) is 4.93. The molecule has 0 N–H and O–H groups in total. The summed E-state index contributed by atoms with van der Waals surface area (Å²) in [6, 6.07) is 5.70. The van der Waals surface area contributed by atoms with E-state index in [0.717, 1.165) is 5.69 Å². The van der Waals surface area contributed by atoms with Crippen molar-refractivity contribution in [2.75, 3.05) is 13.3 Å². The van der Waals surface area contributed by atoms with E-state index in [4.69, 9.17) is 0 Å². The van der Waals surface area contributed by atoms with Gasteiger partial charge in [0.05, 0.1) is 10.9 Å². The Kier molecular flexibility index (Phi) is 4.65. The van der Waals surface area contributed by atoms with Crippen LogP contribution in [0.15, 0.2) is 24.4 Å². The average Bonchev–Trinajstić information content (AvgIpc) is 2.27. The number of pyridine rings is 1. The minimum Gasteiger partial charge on any atom is -0.297 e. The van der Waals surface area contributed by atoms with Gasteiger partial charge in [-0.2, -0.15) is 0 Å². The summed E-state index contributed by atoms with van der Waals surface area (Å²) in [7, 11) is -1.08. The lowest BCUT2D eigenvalue weighted by Crippen LogP contribution is -2.41. The van der Waals surface area contributed by atoms with Crippen molar-refractivity contribution in [3.8, 4) is 0 Å². The Morgan fingerprint density at radius 1 is 1.35 bits per heavy atom. The molecule has 4 nitrogen and oxygen atoms in total. The number of rotatable bonds is 5. The second-order valence-corrected chi connectivity index (χ2v) is 6.91. The van der Waals surface area contributed by atoms with E-state index >= 15 is 0 Å². The Morgan fingerprint density at radius 3 is 2.47 bits per heavy atom. The second-order valence-electron chi connectivity index (χ2n) is 4.51. The summed E-state index contributed by atoms with van der Waals surface area (Å²) in [6.45, 7) is 4.32. The van der Waals surface area contributed by atoms with Crippen molar-refractivity contribution in [2.45, 2.75) is 31.7 Å². The maximum Gasteiger partial charge on any atom is 0.151 e. The van der Waals surface area contributed by atoms with Gasteiger partial charge in [0.1, 0.15) is 0 Å². The Balaban J connectivity index is 2.68. The fourth-order valence-electron chi connectivity index (χ4n) is 1.61. The van der Waals surface area contributed by atoms with E-state index in [9.17, 15) is 8.42 Å². The summed E-state index contributed by atoms with van der Waals surface area (Å²) >= 11 is 0. The molecule has 0 radical (unpaired) electrons. The van der Waals surface area contributed by atoms with Gasteiger partial charge in [-0.15, -0.1) is 0 Å². The molecule has 0 amide bonds. The van der Waals surface area contributed by atoms with Gasteiger partial charge < -0.3 is 0 Å². The number of aromatic nitrogens is 1. The molecule has 17 heavy (non-hydrogen) atoms. The zero-order chi connectivity index (χ0) is 13.1. The lowest BCUT2D eigenvalue weighted by molar-refractivity contribution is 0.242. The van der Waals surface area contributed by atoms with Gasteiger partial charge in [-0.1, -0.05) is 6.07 Å². The van der Waals surface area contributed by atoms with Crippen molar-refractivity contribution in [1.82, 2.24) is 9.88 Å². The molecular weight excluding hydrogens is 236 g/mol. The fourth-order valence-corrected chi connectivity index (χ4v) is 2.53. The molecule has 0 spiro atoms. The van der Waals surface area contributed by atoms with E-state index in [0.29, 0.717) is 6.54 Å². The van der Waals surface area contributed by atoms with Crippen LogP contribution in [0.25, 0.3) is 0 Å². The highest BCUT2D eigenvalue weighted by atomic mass is 32.2. The normalized spacial score (nSPS) is 15.8. The molecule has 0 fully saturated rings. The van der Waals surface area contributed by atoms with Gasteiger partial charge in [0.2, 0.25) is 0 Å². The van der Waals surface area contributed by atoms with Crippen molar-refractivity contribution in [1.29, 1.82) is 0 Å². The van der Waals surface area contributed by atoms with Gasteiger partial charge in [-0.25, -0.2) is 8.42 Å². The maximum absolute atomic E-state index is 11.5. The molecule has 1 rings (SSSR count). The van der Waals surface area contributed by atoms with Crippen LogP contribution in [0.2, 0.25) is 0 Å². The van der Waals surface area contributed by atoms with E-state index in [1.54, 1.807) is 13.1 Å². The largest absolute Gasteiger partial charge is 0.297 e. The number of hydrogen-bond acceptors (Lipinski definition) is 4. The lowest BCUT2D eigenvalue weighted by atomic mass is 10.2. The van der Waals surface area contributed by atoms with E-state index in [1.807, 2.05) is 37.1 Å². The van der Waals surface area contributed by atoms with E-state index in [2.05, 4.69) is 4.98 Å². The van der Waals surface area contributed by atoms with Gasteiger partial charge in [0, 0.05) is 25.0 Å². The predicted octanol–water partition coefficient (Wildman–Crippen LogP) is 1.33. The molecule has 0 saturated carbocycles. The molecule has 0 saturated heterocycles. The Labute approximate surface area is 104 Å². The van der Waals surface area contributed by atoms with Crippen molar-refractivity contribution in [3.63, 3.8) is 0 Å². The van der Waals surface area contributed by atoms with Crippen LogP contribution in [-0.4, -0.2) is 42.9 Å². The van der Waals surface area contributed by atoms with Crippen LogP contribution in [0.5, 0.6) is 0 Å². The molecule has 5 heteroatoms. The summed E-state index contributed by atoms with van der Waals surface area (Å²) < 4.78 is 23.0. The molecule has 0 aliphatic rings. The first kappa shape index (κ1) is 14.1. The molecule has 0 aliphatic carbocycles. The highest BCUT2D eigenvalue weighted by Gasteiger charge is 2.25. The third kappa shape index (κ3) is 4.09. The molecular formula is C12H20N2O2S. The Hall–Kier alpha value is -0.940. The van der Waals surface area contributed by atoms with Gasteiger partial charge in [0.25, 0.3) is 0 Å². The van der Waals surface area contributed by atoms with Gasteiger partial charge in [-0.3, -0.25) is 9.88 Å².